The third-order valence-electron chi connectivity index (χ3n) is 4.05. The van der Waals surface area contributed by atoms with E-state index >= 15 is 0 Å². The molecule has 0 amide bonds. The molecule has 0 saturated heterocycles. The Morgan fingerprint density at radius 2 is 1.61 bits per heavy atom. The number of fused-ring (bicyclic) bond motifs is 3. The Hall–Kier alpha value is -3.07. The molecule has 0 atom stereocenters. The first-order chi connectivity index (χ1) is 11.2. The van der Waals surface area contributed by atoms with Gasteiger partial charge in [-0.05, 0) is 30.0 Å². The molecule has 112 valence electrons. The van der Waals surface area contributed by atoms with Crippen molar-refractivity contribution in [1.29, 1.82) is 0 Å². The summed E-state index contributed by atoms with van der Waals surface area (Å²) in [6.45, 7) is 2.03. The molecule has 0 aliphatic heterocycles. The average Bonchev–Trinajstić information content (AvgIpc) is 2.56. The summed E-state index contributed by atoms with van der Waals surface area (Å²) < 4.78 is 5.49. The van der Waals surface area contributed by atoms with Gasteiger partial charge in [-0.15, -0.1) is 0 Å². The third-order valence-corrected chi connectivity index (χ3v) is 4.05. The van der Waals surface area contributed by atoms with Crippen LogP contribution < -0.4 is 10.9 Å². The number of nitrogens with one attached hydrogen (secondary N) is 1. The standard InChI is InChI=1S/C20H15NO2/c1-13-6-2-5-9-17(13)21-18-12-19(22)23-20-15-8-4-3-7-14(15)10-11-16(18)20/h2-12,21H,1H3. The highest BCUT2D eigenvalue weighted by Gasteiger charge is 2.09. The summed E-state index contributed by atoms with van der Waals surface area (Å²) in [5, 5.41) is 6.25. The van der Waals surface area contributed by atoms with Gasteiger partial charge in [-0.2, -0.15) is 0 Å². The molecular formula is C20H15NO2. The van der Waals surface area contributed by atoms with Gasteiger partial charge in [0.05, 0.1) is 5.69 Å². The first kappa shape index (κ1) is 13.6. The number of para-hydroxylation sites is 1. The smallest absolute Gasteiger partial charge is 0.338 e. The van der Waals surface area contributed by atoms with Crippen LogP contribution in [0.15, 0.2) is 75.9 Å². The largest absolute Gasteiger partial charge is 0.422 e. The van der Waals surface area contributed by atoms with E-state index in [9.17, 15) is 4.79 Å². The van der Waals surface area contributed by atoms with Crippen LogP contribution in [0.4, 0.5) is 11.4 Å². The number of rotatable bonds is 2. The van der Waals surface area contributed by atoms with Crippen molar-refractivity contribution in [3.05, 3.63) is 82.7 Å². The molecule has 0 radical (unpaired) electrons. The van der Waals surface area contributed by atoms with Crippen LogP contribution in [0.3, 0.4) is 0 Å². The lowest BCUT2D eigenvalue weighted by Crippen LogP contribution is -2.02. The number of hydrogen-bond donors (Lipinski definition) is 1. The molecule has 0 bridgehead atoms. The Morgan fingerprint density at radius 3 is 2.48 bits per heavy atom. The van der Waals surface area contributed by atoms with Gasteiger partial charge < -0.3 is 9.73 Å². The Morgan fingerprint density at radius 1 is 0.826 bits per heavy atom. The van der Waals surface area contributed by atoms with Gasteiger partial charge in [0.25, 0.3) is 0 Å². The second kappa shape index (κ2) is 5.29. The molecule has 0 fully saturated rings. The number of aryl methyl sites for hydroxylation is 1. The highest BCUT2D eigenvalue weighted by atomic mass is 16.4. The van der Waals surface area contributed by atoms with Crippen LogP contribution in [0.1, 0.15) is 5.56 Å². The Balaban J connectivity index is 1.98. The normalized spacial score (nSPS) is 11.0. The van der Waals surface area contributed by atoms with E-state index in [1.807, 2.05) is 67.6 Å². The quantitative estimate of drug-likeness (QED) is 0.418. The molecule has 4 rings (SSSR count). The summed E-state index contributed by atoms with van der Waals surface area (Å²) in [5.41, 5.74) is 3.12. The predicted molar refractivity (Wildman–Crippen MR) is 94.5 cm³/mol. The van der Waals surface area contributed by atoms with E-state index in [0.717, 1.165) is 33.1 Å². The van der Waals surface area contributed by atoms with E-state index in [-0.39, 0.29) is 5.63 Å². The predicted octanol–water partition coefficient (Wildman–Crippen LogP) is 5.00. The first-order valence-electron chi connectivity index (χ1n) is 7.51. The molecule has 1 heterocycles. The fraction of sp³-hybridized carbons (Fsp3) is 0.0500. The zero-order valence-electron chi connectivity index (χ0n) is 12.7. The average molecular weight is 301 g/mol. The maximum atomic E-state index is 12.0. The SMILES string of the molecule is Cc1ccccc1Nc1cc(=O)oc2c1ccc1ccccc12. The Bertz CT molecular complexity index is 1080. The second-order valence-corrected chi connectivity index (χ2v) is 5.58. The van der Waals surface area contributed by atoms with Gasteiger partial charge in [-0.25, -0.2) is 4.79 Å². The highest BCUT2D eigenvalue weighted by Crippen LogP contribution is 2.31. The van der Waals surface area contributed by atoms with Crippen molar-refractivity contribution in [3.8, 4) is 0 Å². The van der Waals surface area contributed by atoms with Gasteiger partial charge in [-0.1, -0.05) is 48.5 Å². The molecule has 0 saturated carbocycles. The number of anilines is 2. The third kappa shape index (κ3) is 2.36. The van der Waals surface area contributed by atoms with Crippen LogP contribution in [0.2, 0.25) is 0 Å². The van der Waals surface area contributed by atoms with E-state index in [4.69, 9.17) is 4.42 Å². The van der Waals surface area contributed by atoms with Crippen molar-refractivity contribution < 1.29 is 4.42 Å². The molecule has 0 spiro atoms. The van der Waals surface area contributed by atoms with E-state index in [0.29, 0.717) is 5.58 Å². The van der Waals surface area contributed by atoms with Crippen molar-refractivity contribution in [2.75, 3.05) is 5.32 Å². The molecule has 23 heavy (non-hydrogen) atoms. The Labute approximate surface area is 133 Å². The molecule has 0 aliphatic carbocycles. The molecule has 3 aromatic carbocycles. The lowest BCUT2D eigenvalue weighted by atomic mass is 10.1. The maximum Gasteiger partial charge on any atom is 0.338 e. The molecule has 4 aromatic rings. The van der Waals surface area contributed by atoms with Crippen LogP contribution in [-0.2, 0) is 0 Å². The zero-order chi connectivity index (χ0) is 15.8. The van der Waals surface area contributed by atoms with Crippen molar-refractivity contribution in [3.63, 3.8) is 0 Å². The van der Waals surface area contributed by atoms with Crippen LogP contribution in [0, 0.1) is 6.92 Å². The molecule has 3 nitrogen and oxygen atoms in total. The summed E-state index contributed by atoms with van der Waals surface area (Å²) in [6, 6.07) is 21.4. The molecule has 0 unspecified atom stereocenters. The summed E-state index contributed by atoms with van der Waals surface area (Å²) in [7, 11) is 0. The van der Waals surface area contributed by atoms with Gasteiger partial charge in [0.15, 0.2) is 0 Å². The fourth-order valence-corrected chi connectivity index (χ4v) is 2.85. The van der Waals surface area contributed by atoms with Crippen LogP contribution in [0.25, 0.3) is 21.7 Å². The van der Waals surface area contributed by atoms with Crippen molar-refractivity contribution in [2.24, 2.45) is 0 Å². The topological polar surface area (TPSA) is 42.2 Å². The maximum absolute atomic E-state index is 12.0. The van der Waals surface area contributed by atoms with E-state index in [2.05, 4.69) is 5.32 Å². The second-order valence-electron chi connectivity index (χ2n) is 5.58. The minimum absolute atomic E-state index is 0.357. The monoisotopic (exact) mass is 301 g/mol. The van der Waals surface area contributed by atoms with E-state index in [1.54, 1.807) is 0 Å². The first-order valence-corrected chi connectivity index (χ1v) is 7.51. The lowest BCUT2D eigenvalue weighted by molar-refractivity contribution is 0.565. The molecule has 0 aliphatic rings. The Kier molecular flexibility index (Phi) is 3.12. The van der Waals surface area contributed by atoms with Gasteiger partial charge in [0, 0.05) is 22.5 Å². The fourth-order valence-electron chi connectivity index (χ4n) is 2.85. The lowest BCUT2D eigenvalue weighted by Gasteiger charge is -2.12. The number of benzene rings is 3. The minimum atomic E-state index is -0.357. The highest BCUT2D eigenvalue weighted by molar-refractivity contribution is 6.08. The summed E-state index contributed by atoms with van der Waals surface area (Å²) >= 11 is 0. The van der Waals surface area contributed by atoms with Gasteiger partial charge in [-0.3, -0.25) is 0 Å². The molecule has 1 N–H and O–H groups in total. The van der Waals surface area contributed by atoms with E-state index < -0.39 is 0 Å². The zero-order valence-corrected chi connectivity index (χ0v) is 12.7. The van der Waals surface area contributed by atoms with Gasteiger partial charge in [0.1, 0.15) is 5.58 Å². The minimum Gasteiger partial charge on any atom is -0.422 e. The van der Waals surface area contributed by atoms with Crippen molar-refractivity contribution in [1.82, 2.24) is 0 Å². The molecule has 3 heteroatoms. The van der Waals surface area contributed by atoms with Gasteiger partial charge in [0.2, 0.25) is 0 Å². The number of hydrogen-bond acceptors (Lipinski definition) is 3. The van der Waals surface area contributed by atoms with Crippen molar-refractivity contribution in [2.45, 2.75) is 6.92 Å². The summed E-state index contributed by atoms with van der Waals surface area (Å²) in [5.74, 6) is 0. The van der Waals surface area contributed by atoms with E-state index in [1.165, 1.54) is 6.07 Å². The summed E-state index contributed by atoms with van der Waals surface area (Å²) in [4.78, 5) is 12.0. The van der Waals surface area contributed by atoms with Crippen LogP contribution in [0.5, 0.6) is 0 Å². The summed E-state index contributed by atoms with van der Waals surface area (Å²) in [6.07, 6.45) is 0. The van der Waals surface area contributed by atoms with Gasteiger partial charge >= 0.3 is 5.63 Å². The van der Waals surface area contributed by atoms with Crippen LogP contribution in [-0.4, -0.2) is 0 Å². The van der Waals surface area contributed by atoms with Crippen molar-refractivity contribution >= 4 is 33.1 Å². The molecule has 1 aromatic heterocycles. The molecular weight excluding hydrogens is 286 g/mol. The van der Waals surface area contributed by atoms with Crippen LogP contribution >= 0.6 is 0 Å².